The van der Waals surface area contributed by atoms with E-state index in [1.165, 1.54) is 30.8 Å². The minimum absolute atomic E-state index is 0.268. The van der Waals surface area contributed by atoms with Crippen molar-refractivity contribution in [3.05, 3.63) is 30.1 Å². The molecule has 3 nitrogen and oxygen atoms in total. The maximum Gasteiger partial charge on any atom is 0.293 e. The second-order valence-electron chi connectivity index (χ2n) is 2.59. The van der Waals surface area contributed by atoms with Crippen LogP contribution < -0.4 is 4.74 Å². The first-order chi connectivity index (χ1) is 6.79. The number of halogens is 1. The molecule has 14 heavy (non-hydrogen) atoms. The fourth-order valence-electron chi connectivity index (χ4n) is 1.01. The molecule has 0 fully saturated rings. The highest BCUT2D eigenvalue weighted by Gasteiger charge is 2.05. The Morgan fingerprint density at radius 1 is 1.29 bits per heavy atom. The van der Waals surface area contributed by atoms with E-state index in [-0.39, 0.29) is 5.82 Å². The van der Waals surface area contributed by atoms with Gasteiger partial charge in [0.15, 0.2) is 5.82 Å². The number of benzene rings is 1. The molecule has 0 radical (unpaired) electrons. The van der Waals surface area contributed by atoms with Gasteiger partial charge in [-0.2, -0.15) is 9.36 Å². The Bertz CT molecular complexity index is 427. The standard InChI is InChI=1S/C9H7FN2OS/c1-13-9-11-8(12-14-9)6-2-4-7(10)5-3-6/h2-5H,1H3. The zero-order valence-electron chi connectivity index (χ0n) is 7.40. The van der Waals surface area contributed by atoms with Gasteiger partial charge in [-0.05, 0) is 24.3 Å². The molecule has 0 aliphatic rings. The molecule has 1 aromatic heterocycles. The molecule has 1 aromatic carbocycles. The summed E-state index contributed by atoms with van der Waals surface area (Å²) in [5.41, 5.74) is 0.783. The van der Waals surface area contributed by atoms with Gasteiger partial charge in [0, 0.05) is 17.1 Å². The molecule has 1 heterocycles. The van der Waals surface area contributed by atoms with Gasteiger partial charge in [-0.3, -0.25) is 0 Å². The van der Waals surface area contributed by atoms with Gasteiger partial charge in [0.2, 0.25) is 0 Å². The van der Waals surface area contributed by atoms with E-state index >= 15 is 0 Å². The minimum atomic E-state index is -0.268. The highest BCUT2D eigenvalue weighted by molar-refractivity contribution is 7.07. The topological polar surface area (TPSA) is 35.0 Å². The number of nitrogens with zero attached hydrogens (tertiary/aromatic N) is 2. The summed E-state index contributed by atoms with van der Waals surface area (Å²) in [4.78, 5) is 4.09. The van der Waals surface area contributed by atoms with Crippen LogP contribution in [0.1, 0.15) is 0 Å². The Balaban J connectivity index is 2.34. The van der Waals surface area contributed by atoms with E-state index < -0.39 is 0 Å². The van der Waals surface area contributed by atoms with Crippen molar-refractivity contribution in [1.82, 2.24) is 9.36 Å². The van der Waals surface area contributed by atoms with Crippen molar-refractivity contribution in [3.8, 4) is 16.6 Å². The summed E-state index contributed by atoms with van der Waals surface area (Å²) in [6, 6.07) is 6.03. The first-order valence-electron chi connectivity index (χ1n) is 3.93. The van der Waals surface area contributed by atoms with Gasteiger partial charge in [0.25, 0.3) is 5.19 Å². The molecule has 0 saturated heterocycles. The number of ether oxygens (including phenoxy) is 1. The van der Waals surface area contributed by atoms with Crippen LogP contribution in [-0.4, -0.2) is 16.5 Å². The van der Waals surface area contributed by atoms with E-state index in [1.54, 1.807) is 12.1 Å². The van der Waals surface area contributed by atoms with E-state index in [1.807, 2.05) is 0 Å². The maximum absolute atomic E-state index is 12.6. The molecule has 0 amide bonds. The fraction of sp³-hybridized carbons (Fsp3) is 0.111. The van der Waals surface area contributed by atoms with Gasteiger partial charge in [0.1, 0.15) is 5.82 Å². The van der Waals surface area contributed by atoms with Crippen molar-refractivity contribution in [3.63, 3.8) is 0 Å². The average molecular weight is 210 g/mol. The van der Waals surface area contributed by atoms with E-state index in [4.69, 9.17) is 4.74 Å². The number of methoxy groups -OCH3 is 1. The molecule has 0 atom stereocenters. The van der Waals surface area contributed by atoms with Crippen LogP contribution >= 0.6 is 11.5 Å². The number of aromatic nitrogens is 2. The summed E-state index contributed by atoms with van der Waals surface area (Å²) >= 11 is 1.17. The maximum atomic E-state index is 12.6. The predicted molar refractivity (Wildman–Crippen MR) is 51.9 cm³/mol. The predicted octanol–water partition coefficient (Wildman–Crippen LogP) is 2.35. The van der Waals surface area contributed by atoms with Crippen LogP contribution in [-0.2, 0) is 0 Å². The lowest BCUT2D eigenvalue weighted by atomic mass is 10.2. The third-order valence-corrected chi connectivity index (χ3v) is 2.36. The zero-order valence-corrected chi connectivity index (χ0v) is 8.21. The molecule has 0 unspecified atom stereocenters. The molecule has 0 spiro atoms. The van der Waals surface area contributed by atoms with Crippen molar-refractivity contribution in [1.29, 1.82) is 0 Å². The smallest absolute Gasteiger partial charge is 0.293 e. The molecule has 2 aromatic rings. The van der Waals surface area contributed by atoms with E-state index in [0.29, 0.717) is 11.0 Å². The Labute approximate surface area is 84.4 Å². The Morgan fingerprint density at radius 3 is 2.57 bits per heavy atom. The summed E-state index contributed by atoms with van der Waals surface area (Å²) in [6.07, 6.45) is 0. The Morgan fingerprint density at radius 2 is 2.00 bits per heavy atom. The molecule has 0 aliphatic heterocycles. The Kier molecular flexibility index (Phi) is 2.41. The van der Waals surface area contributed by atoms with Crippen LogP contribution in [0.15, 0.2) is 24.3 Å². The highest BCUT2D eigenvalue weighted by Crippen LogP contribution is 2.22. The van der Waals surface area contributed by atoms with Crippen LogP contribution in [0.25, 0.3) is 11.4 Å². The largest absolute Gasteiger partial charge is 0.472 e. The molecule has 5 heteroatoms. The molecule has 0 bridgehead atoms. The number of hydrogen-bond acceptors (Lipinski definition) is 4. The van der Waals surface area contributed by atoms with Crippen LogP contribution in [0.3, 0.4) is 0 Å². The lowest BCUT2D eigenvalue weighted by Crippen LogP contribution is -1.83. The van der Waals surface area contributed by atoms with Gasteiger partial charge < -0.3 is 4.74 Å². The summed E-state index contributed by atoms with van der Waals surface area (Å²) in [6.45, 7) is 0. The fourth-order valence-corrected chi connectivity index (χ4v) is 1.52. The number of hydrogen-bond donors (Lipinski definition) is 0. The SMILES string of the molecule is COc1nc(-c2ccc(F)cc2)ns1. The second-order valence-corrected chi connectivity index (χ2v) is 3.31. The lowest BCUT2D eigenvalue weighted by molar-refractivity contribution is 0.412. The van der Waals surface area contributed by atoms with Crippen molar-refractivity contribution in [2.75, 3.05) is 7.11 Å². The van der Waals surface area contributed by atoms with Crippen molar-refractivity contribution in [2.45, 2.75) is 0 Å². The third-order valence-electron chi connectivity index (χ3n) is 1.68. The van der Waals surface area contributed by atoms with Crippen LogP contribution in [0, 0.1) is 5.82 Å². The summed E-state index contributed by atoms with van der Waals surface area (Å²) in [5, 5.41) is 0.504. The summed E-state index contributed by atoms with van der Waals surface area (Å²) < 4.78 is 21.6. The Hall–Kier alpha value is -1.49. The third kappa shape index (κ3) is 1.72. The van der Waals surface area contributed by atoms with Gasteiger partial charge in [-0.1, -0.05) is 0 Å². The first-order valence-corrected chi connectivity index (χ1v) is 4.70. The lowest BCUT2D eigenvalue weighted by Gasteiger charge is -1.93. The van der Waals surface area contributed by atoms with Crippen LogP contribution in [0.4, 0.5) is 4.39 Å². The molecule has 0 N–H and O–H groups in total. The zero-order chi connectivity index (χ0) is 9.97. The van der Waals surface area contributed by atoms with Crippen LogP contribution in [0.2, 0.25) is 0 Å². The highest BCUT2D eigenvalue weighted by atomic mass is 32.1. The molecule has 0 saturated carbocycles. The average Bonchev–Trinajstić information content (AvgIpc) is 2.67. The van der Waals surface area contributed by atoms with Gasteiger partial charge in [-0.15, -0.1) is 0 Å². The summed E-state index contributed by atoms with van der Waals surface area (Å²) in [5.74, 6) is 0.294. The molecule has 72 valence electrons. The molecular weight excluding hydrogens is 203 g/mol. The molecule has 0 aliphatic carbocycles. The van der Waals surface area contributed by atoms with Crippen molar-refractivity contribution in [2.24, 2.45) is 0 Å². The van der Waals surface area contributed by atoms with Crippen molar-refractivity contribution < 1.29 is 9.13 Å². The quantitative estimate of drug-likeness (QED) is 0.763. The van der Waals surface area contributed by atoms with Crippen molar-refractivity contribution >= 4 is 11.5 Å². The van der Waals surface area contributed by atoms with Gasteiger partial charge >= 0.3 is 0 Å². The van der Waals surface area contributed by atoms with Crippen LogP contribution in [0.5, 0.6) is 5.19 Å². The van der Waals surface area contributed by atoms with E-state index in [0.717, 1.165) is 5.56 Å². The second kappa shape index (κ2) is 3.71. The summed E-state index contributed by atoms with van der Waals surface area (Å²) in [7, 11) is 1.54. The molecular formula is C9H7FN2OS. The monoisotopic (exact) mass is 210 g/mol. The van der Waals surface area contributed by atoms with Gasteiger partial charge in [0.05, 0.1) is 7.11 Å². The minimum Gasteiger partial charge on any atom is -0.472 e. The van der Waals surface area contributed by atoms with E-state index in [9.17, 15) is 4.39 Å². The normalized spacial score (nSPS) is 10.1. The first kappa shape index (κ1) is 9.08. The molecule has 2 rings (SSSR count). The number of rotatable bonds is 2. The van der Waals surface area contributed by atoms with Gasteiger partial charge in [-0.25, -0.2) is 4.39 Å². The van der Waals surface area contributed by atoms with E-state index in [2.05, 4.69) is 9.36 Å².